The van der Waals surface area contributed by atoms with E-state index in [1.807, 2.05) is 81.6 Å². The smallest absolute Gasteiger partial charge is 0.352 e. The van der Waals surface area contributed by atoms with Gasteiger partial charge in [0.1, 0.15) is 0 Å². The van der Waals surface area contributed by atoms with Crippen LogP contribution in [0.2, 0.25) is 26.2 Å². The molecule has 0 radical (unpaired) electrons. The Labute approximate surface area is 219 Å². The first-order chi connectivity index (χ1) is 15.9. The monoisotopic (exact) mass is 574 g/mol. The Balaban J connectivity index is 6.09. The number of hydrogen-bond donors (Lipinski definition) is 0. The second kappa shape index (κ2) is 15.8. The highest BCUT2D eigenvalue weighted by Crippen LogP contribution is 2.27. The van der Waals surface area contributed by atoms with Crippen molar-refractivity contribution in [2.24, 2.45) is 0 Å². The lowest BCUT2D eigenvalue weighted by Crippen LogP contribution is -2.66. The van der Waals surface area contributed by atoms with Crippen molar-refractivity contribution in [2.75, 3.05) is 39.1 Å². The molecule has 0 aromatic carbocycles. The fourth-order valence-electron chi connectivity index (χ4n) is 3.06. The predicted molar refractivity (Wildman–Crippen MR) is 148 cm³/mol. The highest BCUT2D eigenvalue weighted by molar-refractivity contribution is 6.88. The Bertz CT molecular complexity index is 539. The van der Waals surface area contributed by atoms with Gasteiger partial charge < -0.3 is 40.1 Å². The second-order valence-corrected chi connectivity index (χ2v) is 24.2. The second-order valence-electron chi connectivity index (χ2n) is 10.7. The third-order valence-electron chi connectivity index (χ3n) is 4.87. The van der Waals surface area contributed by atoms with Crippen LogP contribution < -0.4 is 0 Å². The molecule has 0 fully saturated rings. The molecule has 0 N–H and O–H groups in total. The minimum atomic E-state index is -2.99. The fraction of sp³-hybridized carbons (Fsp3) is 1.00. The molecule has 13 heteroatoms. The molecule has 9 nitrogen and oxygen atoms in total. The molecule has 0 bridgehead atoms. The van der Waals surface area contributed by atoms with Gasteiger partial charge in [0.25, 0.3) is 0 Å². The van der Waals surface area contributed by atoms with Gasteiger partial charge in [-0.3, -0.25) is 0 Å². The van der Waals surface area contributed by atoms with Crippen molar-refractivity contribution in [2.45, 2.75) is 106 Å². The standard InChI is InChI=1S/C22H54O9Si4/c1-19(2)25-15-32(11,23-9)29-34(13,17-27-21(5)6)31-35(14,18-28-22(7)8)30-33(12,24-10)16-26-20(3)4/h19-22H,15-18H2,1-14H3. The average Bonchev–Trinajstić information content (AvgIpc) is 2.73. The summed E-state index contributed by atoms with van der Waals surface area (Å²) in [4.78, 5) is 0. The lowest BCUT2D eigenvalue weighted by atomic mass is 10.5. The predicted octanol–water partition coefficient (Wildman–Crippen LogP) is 4.47. The molecule has 212 valence electrons. The van der Waals surface area contributed by atoms with Crippen molar-refractivity contribution in [1.29, 1.82) is 0 Å². The summed E-state index contributed by atoms with van der Waals surface area (Å²) < 4.78 is 56.1. The quantitative estimate of drug-likeness (QED) is 0.196. The molecular weight excluding hydrogens is 521 g/mol. The zero-order valence-corrected chi connectivity index (χ0v) is 28.8. The molecule has 0 aromatic rings. The first kappa shape index (κ1) is 35.5. The SMILES string of the molecule is CO[Si](C)(COC(C)C)O[Si](C)(COC(C)C)O[Si](C)(COC(C)C)O[Si](C)(COC(C)C)OC. The summed E-state index contributed by atoms with van der Waals surface area (Å²) in [5.74, 6) is 0. The summed E-state index contributed by atoms with van der Waals surface area (Å²) in [5, 5.41) is 0. The van der Waals surface area contributed by atoms with Gasteiger partial charge in [-0.25, -0.2) is 0 Å². The van der Waals surface area contributed by atoms with E-state index in [2.05, 4.69) is 0 Å². The summed E-state index contributed by atoms with van der Waals surface area (Å²) in [7, 11) is -8.08. The maximum absolute atomic E-state index is 6.92. The van der Waals surface area contributed by atoms with Crippen molar-refractivity contribution in [3.8, 4) is 0 Å². The Morgan fingerprint density at radius 3 is 0.800 bits per heavy atom. The van der Waals surface area contributed by atoms with Crippen LogP contribution in [0.5, 0.6) is 0 Å². The zero-order valence-electron chi connectivity index (χ0n) is 24.8. The molecule has 4 atom stereocenters. The number of rotatable bonds is 20. The first-order valence-corrected chi connectivity index (χ1v) is 22.7. The van der Waals surface area contributed by atoms with Gasteiger partial charge in [0, 0.05) is 14.2 Å². The molecule has 0 aliphatic heterocycles. The molecule has 0 aliphatic carbocycles. The molecule has 0 saturated heterocycles. The Morgan fingerprint density at radius 2 is 0.600 bits per heavy atom. The molecular formula is C22H54O9Si4. The zero-order chi connectivity index (χ0) is 27.5. The van der Waals surface area contributed by atoms with E-state index < -0.39 is 34.2 Å². The van der Waals surface area contributed by atoms with Gasteiger partial charge in [0.15, 0.2) is 0 Å². The van der Waals surface area contributed by atoms with Crippen LogP contribution >= 0.6 is 0 Å². The van der Waals surface area contributed by atoms with Crippen LogP contribution in [0, 0.1) is 0 Å². The van der Waals surface area contributed by atoms with E-state index in [-0.39, 0.29) is 24.4 Å². The highest BCUT2D eigenvalue weighted by Gasteiger charge is 2.52. The molecule has 0 saturated carbocycles. The van der Waals surface area contributed by atoms with Crippen LogP contribution in [0.25, 0.3) is 0 Å². The van der Waals surface area contributed by atoms with E-state index in [4.69, 9.17) is 40.1 Å². The lowest BCUT2D eigenvalue weighted by Gasteiger charge is -2.43. The molecule has 0 spiro atoms. The van der Waals surface area contributed by atoms with E-state index >= 15 is 0 Å². The van der Waals surface area contributed by atoms with E-state index in [9.17, 15) is 0 Å². The van der Waals surface area contributed by atoms with E-state index in [0.717, 1.165) is 0 Å². The molecule has 0 amide bonds. The lowest BCUT2D eigenvalue weighted by molar-refractivity contribution is 0.0615. The Hall–Kier alpha value is 0.508. The molecule has 0 aromatic heterocycles. The van der Waals surface area contributed by atoms with Gasteiger partial charge in [-0.05, 0) is 81.6 Å². The molecule has 4 unspecified atom stereocenters. The van der Waals surface area contributed by atoms with Crippen LogP contribution in [-0.2, 0) is 40.1 Å². The topological polar surface area (TPSA) is 83.1 Å². The van der Waals surface area contributed by atoms with Gasteiger partial charge in [0.2, 0.25) is 0 Å². The number of hydrogen-bond acceptors (Lipinski definition) is 9. The van der Waals surface area contributed by atoms with Crippen molar-refractivity contribution < 1.29 is 40.1 Å². The molecule has 35 heavy (non-hydrogen) atoms. The third kappa shape index (κ3) is 15.5. The summed E-state index contributed by atoms with van der Waals surface area (Å²) in [5.41, 5.74) is 0. The van der Waals surface area contributed by atoms with E-state index in [0.29, 0.717) is 24.9 Å². The van der Waals surface area contributed by atoms with Crippen molar-refractivity contribution in [1.82, 2.24) is 0 Å². The van der Waals surface area contributed by atoms with Gasteiger partial charge in [-0.15, -0.1) is 0 Å². The molecule has 0 heterocycles. The summed E-state index contributed by atoms with van der Waals surface area (Å²) in [6, 6.07) is 0. The summed E-state index contributed by atoms with van der Waals surface area (Å²) >= 11 is 0. The largest absolute Gasteiger partial charge is 0.413 e. The van der Waals surface area contributed by atoms with E-state index in [1.165, 1.54) is 0 Å². The molecule has 0 aliphatic rings. The normalized spacial score (nSPS) is 19.7. The van der Waals surface area contributed by atoms with Crippen molar-refractivity contribution in [3.05, 3.63) is 0 Å². The fourth-order valence-corrected chi connectivity index (χ4v) is 20.0. The highest BCUT2D eigenvalue weighted by atomic mass is 28.5. The van der Waals surface area contributed by atoms with Crippen molar-refractivity contribution in [3.63, 3.8) is 0 Å². The van der Waals surface area contributed by atoms with Crippen LogP contribution in [-0.4, -0.2) is 97.8 Å². The van der Waals surface area contributed by atoms with Crippen LogP contribution in [0.15, 0.2) is 0 Å². The van der Waals surface area contributed by atoms with Gasteiger partial charge in [0.05, 0.1) is 49.3 Å². The minimum absolute atomic E-state index is 0.0234. The van der Waals surface area contributed by atoms with Crippen LogP contribution in [0.4, 0.5) is 0 Å². The maximum atomic E-state index is 6.92. The van der Waals surface area contributed by atoms with Gasteiger partial charge >= 0.3 is 34.2 Å². The van der Waals surface area contributed by atoms with Crippen LogP contribution in [0.1, 0.15) is 55.4 Å². The Morgan fingerprint density at radius 1 is 0.400 bits per heavy atom. The van der Waals surface area contributed by atoms with Gasteiger partial charge in [-0.2, -0.15) is 0 Å². The Kier molecular flexibility index (Phi) is 16.0. The molecule has 0 rings (SSSR count). The maximum Gasteiger partial charge on any atom is 0.352 e. The first-order valence-electron chi connectivity index (χ1n) is 12.6. The minimum Gasteiger partial charge on any atom is -0.413 e. The van der Waals surface area contributed by atoms with E-state index in [1.54, 1.807) is 14.2 Å². The summed E-state index contributed by atoms with van der Waals surface area (Å²) in [6.45, 7) is 24.0. The van der Waals surface area contributed by atoms with Crippen LogP contribution in [0.3, 0.4) is 0 Å². The van der Waals surface area contributed by atoms with Gasteiger partial charge in [-0.1, -0.05) is 0 Å². The van der Waals surface area contributed by atoms with Crippen molar-refractivity contribution >= 4 is 34.2 Å². The third-order valence-corrected chi connectivity index (χ3v) is 19.7. The summed E-state index contributed by atoms with van der Waals surface area (Å²) in [6.07, 6.45) is 1.63. The number of ether oxygens (including phenoxy) is 4. The average molecular weight is 575 g/mol.